The van der Waals surface area contributed by atoms with Crippen LogP contribution in [0.3, 0.4) is 0 Å². The molecule has 0 saturated carbocycles. The van der Waals surface area contributed by atoms with Crippen molar-refractivity contribution in [3.63, 3.8) is 0 Å². The summed E-state index contributed by atoms with van der Waals surface area (Å²) in [5.74, 6) is 1.63. The Labute approximate surface area is 229 Å². The van der Waals surface area contributed by atoms with Gasteiger partial charge in [0.2, 0.25) is 5.91 Å². The first-order valence-electron chi connectivity index (χ1n) is 13.0. The van der Waals surface area contributed by atoms with Gasteiger partial charge in [0, 0.05) is 17.6 Å². The van der Waals surface area contributed by atoms with E-state index in [0.717, 1.165) is 16.3 Å². The molecule has 2 amide bonds. The van der Waals surface area contributed by atoms with E-state index in [4.69, 9.17) is 13.9 Å². The number of carbonyl (C=O) groups excluding carboxylic acids is 2. The third kappa shape index (κ3) is 6.79. The van der Waals surface area contributed by atoms with Crippen LogP contribution in [0.5, 0.6) is 11.5 Å². The first kappa shape index (κ1) is 27.8. The van der Waals surface area contributed by atoms with Crippen LogP contribution in [0.4, 0.5) is 0 Å². The number of furan rings is 1. The van der Waals surface area contributed by atoms with Crippen molar-refractivity contribution in [2.75, 3.05) is 27.3 Å². The molecule has 0 unspecified atom stereocenters. The standard InChI is InChI=1S/C32H36N2O5/c1-32(2,3)34(31(36)26-14-13-24-9-6-7-10-25(24)20-26)22-30(35)33(21-27-11-8-18-39-27)17-16-23-12-15-28(37-4)29(19-23)38-5/h6-15,18-20H,16-17,21-22H2,1-5H3. The fourth-order valence-corrected chi connectivity index (χ4v) is 4.51. The van der Waals surface area contributed by atoms with Gasteiger partial charge in [-0.1, -0.05) is 36.4 Å². The molecule has 0 spiro atoms. The van der Waals surface area contributed by atoms with Gasteiger partial charge >= 0.3 is 0 Å². The molecule has 0 N–H and O–H groups in total. The van der Waals surface area contributed by atoms with Gasteiger partial charge in [0.05, 0.1) is 27.0 Å². The minimum Gasteiger partial charge on any atom is -0.493 e. The van der Waals surface area contributed by atoms with E-state index in [1.165, 1.54) is 0 Å². The number of nitrogens with zero attached hydrogens (tertiary/aromatic N) is 2. The molecular weight excluding hydrogens is 492 g/mol. The molecule has 204 valence electrons. The van der Waals surface area contributed by atoms with Crippen LogP contribution in [0.1, 0.15) is 42.5 Å². The van der Waals surface area contributed by atoms with Crippen LogP contribution in [-0.4, -0.2) is 54.5 Å². The number of carbonyl (C=O) groups is 2. The van der Waals surface area contributed by atoms with E-state index in [9.17, 15) is 9.59 Å². The van der Waals surface area contributed by atoms with Gasteiger partial charge in [-0.25, -0.2) is 0 Å². The zero-order valence-corrected chi connectivity index (χ0v) is 23.3. The molecular formula is C32H36N2O5. The highest BCUT2D eigenvalue weighted by Crippen LogP contribution is 2.28. The van der Waals surface area contributed by atoms with E-state index in [2.05, 4.69) is 0 Å². The molecule has 1 aromatic heterocycles. The molecule has 7 heteroatoms. The highest BCUT2D eigenvalue weighted by atomic mass is 16.5. The minimum atomic E-state index is -0.571. The van der Waals surface area contributed by atoms with Crippen molar-refractivity contribution < 1.29 is 23.5 Å². The van der Waals surface area contributed by atoms with Crippen molar-refractivity contribution in [1.29, 1.82) is 0 Å². The Bertz CT molecular complexity index is 1420. The zero-order valence-electron chi connectivity index (χ0n) is 23.3. The first-order valence-corrected chi connectivity index (χ1v) is 13.0. The smallest absolute Gasteiger partial charge is 0.254 e. The molecule has 39 heavy (non-hydrogen) atoms. The van der Waals surface area contributed by atoms with Gasteiger partial charge < -0.3 is 23.7 Å². The Balaban J connectivity index is 1.55. The first-order chi connectivity index (χ1) is 18.7. The number of ether oxygens (including phenoxy) is 2. The Morgan fingerprint density at radius 2 is 1.59 bits per heavy atom. The summed E-state index contributed by atoms with van der Waals surface area (Å²) < 4.78 is 16.3. The molecule has 0 aliphatic heterocycles. The molecule has 7 nitrogen and oxygen atoms in total. The highest BCUT2D eigenvalue weighted by Gasteiger charge is 2.31. The van der Waals surface area contributed by atoms with Crippen LogP contribution in [0, 0.1) is 0 Å². The van der Waals surface area contributed by atoms with Gasteiger partial charge in [0.1, 0.15) is 12.3 Å². The van der Waals surface area contributed by atoms with E-state index in [1.54, 1.807) is 36.3 Å². The predicted molar refractivity (Wildman–Crippen MR) is 152 cm³/mol. The summed E-state index contributed by atoms with van der Waals surface area (Å²) in [5.41, 5.74) is 0.988. The molecule has 4 rings (SSSR count). The maximum Gasteiger partial charge on any atom is 0.254 e. The second-order valence-corrected chi connectivity index (χ2v) is 10.5. The molecule has 0 radical (unpaired) electrons. The Kier molecular flexibility index (Phi) is 8.59. The molecule has 0 aliphatic carbocycles. The number of hydrogen-bond donors (Lipinski definition) is 0. The molecule has 0 fully saturated rings. The summed E-state index contributed by atoms with van der Waals surface area (Å²) in [4.78, 5) is 30.9. The largest absolute Gasteiger partial charge is 0.493 e. The van der Waals surface area contributed by atoms with Crippen LogP contribution in [0.25, 0.3) is 10.8 Å². The number of fused-ring (bicyclic) bond motifs is 1. The van der Waals surface area contributed by atoms with Gasteiger partial charge in [-0.05, 0) is 79.9 Å². The number of hydrogen-bond acceptors (Lipinski definition) is 5. The van der Waals surface area contributed by atoms with E-state index in [0.29, 0.717) is 42.3 Å². The Hall–Kier alpha value is -4.26. The quantitative estimate of drug-likeness (QED) is 0.254. The number of amides is 2. The average Bonchev–Trinajstić information content (AvgIpc) is 3.45. The van der Waals surface area contributed by atoms with Gasteiger partial charge in [0.15, 0.2) is 11.5 Å². The summed E-state index contributed by atoms with van der Waals surface area (Å²) in [7, 11) is 3.20. The van der Waals surface area contributed by atoms with Crippen LogP contribution in [-0.2, 0) is 17.8 Å². The van der Waals surface area contributed by atoms with Crippen LogP contribution < -0.4 is 9.47 Å². The van der Waals surface area contributed by atoms with E-state index in [1.807, 2.05) is 87.5 Å². The summed E-state index contributed by atoms with van der Waals surface area (Å²) in [6.45, 7) is 6.53. The maximum absolute atomic E-state index is 13.8. The Morgan fingerprint density at radius 1 is 0.846 bits per heavy atom. The Morgan fingerprint density at radius 3 is 2.26 bits per heavy atom. The second-order valence-electron chi connectivity index (χ2n) is 10.5. The fourth-order valence-electron chi connectivity index (χ4n) is 4.51. The topological polar surface area (TPSA) is 72.2 Å². The molecule has 0 aliphatic rings. The summed E-state index contributed by atoms with van der Waals surface area (Å²) in [5, 5.41) is 2.05. The third-order valence-corrected chi connectivity index (χ3v) is 6.74. The molecule has 1 heterocycles. The summed E-state index contributed by atoms with van der Waals surface area (Å²) >= 11 is 0. The number of benzene rings is 3. The van der Waals surface area contributed by atoms with Gasteiger partial charge in [-0.15, -0.1) is 0 Å². The van der Waals surface area contributed by atoms with Crippen molar-refractivity contribution in [2.45, 2.75) is 39.3 Å². The van der Waals surface area contributed by atoms with Crippen LogP contribution >= 0.6 is 0 Å². The lowest BCUT2D eigenvalue weighted by molar-refractivity contribution is -0.133. The lowest BCUT2D eigenvalue weighted by Gasteiger charge is -2.37. The van der Waals surface area contributed by atoms with Crippen molar-refractivity contribution >= 4 is 22.6 Å². The number of rotatable bonds is 10. The van der Waals surface area contributed by atoms with Crippen LogP contribution in [0.15, 0.2) is 83.5 Å². The van der Waals surface area contributed by atoms with Crippen molar-refractivity contribution in [3.8, 4) is 11.5 Å². The van der Waals surface area contributed by atoms with Crippen molar-refractivity contribution in [3.05, 3.63) is 95.9 Å². The fraction of sp³-hybridized carbons (Fsp3) is 0.312. The van der Waals surface area contributed by atoms with E-state index in [-0.39, 0.29) is 18.4 Å². The van der Waals surface area contributed by atoms with Gasteiger partial charge in [-0.2, -0.15) is 0 Å². The third-order valence-electron chi connectivity index (χ3n) is 6.74. The second kappa shape index (κ2) is 12.1. The lowest BCUT2D eigenvalue weighted by Crippen LogP contribution is -2.51. The van der Waals surface area contributed by atoms with Gasteiger partial charge in [-0.3, -0.25) is 9.59 Å². The maximum atomic E-state index is 13.8. The highest BCUT2D eigenvalue weighted by molar-refractivity contribution is 6.00. The molecule has 3 aromatic carbocycles. The molecule has 0 saturated heterocycles. The lowest BCUT2D eigenvalue weighted by atomic mass is 10.0. The zero-order chi connectivity index (χ0) is 28.0. The summed E-state index contributed by atoms with van der Waals surface area (Å²) in [6.07, 6.45) is 2.19. The molecule has 0 bridgehead atoms. The van der Waals surface area contributed by atoms with Crippen molar-refractivity contribution in [2.24, 2.45) is 0 Å². The summed E-state index contributed by atoms with van der Waals surface area (Å²) in [6, 6.07) is 23.0. The van der Waals surface area contributed by atoms with Crippen molar-refractivity contribution in [1.82, 2.24) is 9.80 Å². The molecule has 0 atom stereocenters. The predicted octanol–water partition coefficient (Wildman–Crippen LogP) is 5.96. The van der Waals surface area contributed by atoms with E-state index < -0.39 is 5.54 Å². The van der Waals surface area contributed by atoms with Gasteiger partial charge in [0.25, 0.3) is 5.91 Å². The van der Waals surface area contributed by atoms with E-state index >= 15 is 0 Å². The minimum absolute atomic E-state index is 0.0538. The molecule has 4 aromatic rings. The number of methoxy groups -OCH3 is 2. The average molecular weight is 529 g/mol. The normalized spacial score (nSPS) is 11.3. The monoisotopic (exact) mass is 528 g/mol. The SMILES string of the molecule is COc1ccc(CCN(Cc2ccco2)C(=O)CN(C(=O)c2ccc3ccccc3c2)C(C)(C)C)cc1OC. The van der Waals surface area contributed by atoms with Crippen LogP contribution in [0.2, 0.25) is 0 Å².